The minimum atomic E-state index is -0.0622. The first kappa shape index (κ1) is 10.3. The van der Waals surface area contributed by atoms with E-state index in [1.165, 1.54) is 0 Å². The Kier molecular flexibility index (Phi) is 1.97. The highest BCUT2D eigenvalue weighted by atomic mass is 16.1. The minimum Gasteiger partial charge on any atom is -0.322 e. The summed E-state index contributed by atoms with van der Waals surface area (Å²) in [5.41, 5.74) is 1.79. The van der Waals surface area contributed by atoms with Crippen molar-refractivity contribution in [3.63, 3.8) is 0 Å². The lowest BCUT2D eigenvalue weighted by atomic mass is 10.2. The molecule has 0 aromatic heterocycles. The van der Waals surface area contributed by atoms with Gasteiger partial charge in [-0.05, 0) is 18.2 Å². The fourth-order valence-electron chi connectivity index (χ4n) is 2.43. The highest BCUT2D eigenvalue weighted by Gasteiger charge is 2.09. The molecule has 3 heteroatoms. The van der Waals surface area contributed by atoms with Crippen LogP contribution in [0.2, 0.25) is 0 Å². The fourth-order valence-corrected chi connectivity index (χ4v) is 2.43. The summed E-state index contributed by atoms with van der Waals surface area (Å²) in [6.07, 6.45) is 3.67. The van der Waals surface area contributed by atoms with Gasteiger partial charge in [-0.25, -0.2) is 4.99 Å². The number of para-hydroxylation sites is 1. The second-order valence-corrected chi connectivity index (χ2v) is 4.64. The molecule has 0 bridgehead atoms. The van der Waals surface area contributed by atoms with Crippen molar-refractivity contribution in [1.82, 2.24) is 0 Å². The minimum absolute atomic E-state index is 0.0622. The van der Waals surface area contributed by atoms with Crippen LogP contribution in [0.1, 0.15) is 0 Å². The molecule has 19 heavy (non-hydrogen) atoms. The third kappa shape index (κ3) is 1.59. The number of hydrogen-bond donors (Lipinski definition) is 1. The summed E-state index contributed by atoms with van der Waals surface area (Å²) in [5, 5.41) is 6.90. The van der Waals surface area contributed by atoms with Crippen molar-refractivity contribution in [3.8, 4) is 0 Å². The van der Waals surface area contributed by atoms with E-state index in [1.807, 2.05) is 36.4 Å². The molecular formula is C16H10N2O. The molecule has 0 radical (unpaired) electrons. The molecule has 2 aromatic carbocycles. The monoisotopic (exact) mass is 246 g/mol. The summed E-state index contributed by atoms with van der Waals surface area (Å²) in [7, 11) is 0. The van der Waals surface area contributed by atoms with E-state index < -0.39 is 0 Å². The number of hydrogen-bond acceptors (Lipinski definition) is 2. The maximum absolute atomic E-state index is 11.3. The lowest BCUT2D eigenvalue weighted by molar-refractivity contribution is -0.110. The second-order valence-electron chi connectivity index (χ2n) is 4.64. The number of benzene rings is 2. The average molecular weight is 246 g/mol. The number of anilines is 1. The molecule has 90 valence electrons. The largest absolute Gasteiger partial charge is 0.322 e. The van der Waals surface area contributed by atoms with E-state index in [0.29, 0.717) is 0 Å². The zero-order valence-corrected chi connectivity index (χ0v) is 10.1. The third-order valence-corrected chi connectivity index (χ3v) is 3.36. The first-order valence-electron chi connectivity index (χ1n) is 6.12. The van der Waals surface area contributed by atoms with E-state index in [9.17, 15) is 4.79 Å². The number of rotatable bonds is 0. The van der Waals surface area contributed by atoms with E-state index in [2.05, 4.69) is 22.5 Å². The molecule has 1 N–H and O–H groups in total. The number of nitrogens with one attached hydrogen (secondary N) is 1. The maximum Gasteiger partial charge on any atom is 0.249 e. The Morgan fingerprint density at radius 2 is 1.84 bits per heavy atom. The lowest BCUT2D eigenvalue weighted by Crippen LogP contribution is -2.19. The zero-order chi connectivity index (χ0) is 12.8. The van der Waals surface area contributed by atoms with Crippen LogP contribution in [0.3, 0.4) is 0 Å². The Hall–Kier alpha value is -2.68. The molecule has 3 nitrogen and oxygen atoms in total. The van der Waals surface area contributed by atoms with Crippen LogP contribution in [0, 0.1) is 0 Å². The Bertz CT molecular complexity index is 918. The van der Waals surface area contributed by atoms with Crippen molar-refractivity contribution in [1.29, 1.82) is 0 Å². The van der Waals surface area contributed by atoms with Crippen molar-refractivity contribution in [3.05, 3.63) is 63.5 Å². The Morgan fingerprint density at radius 1 is 0.947 bits per heavy atom. The average Bonchev–Trinajstić information content (AvgIpc) is 2.99. The van der Waals surface area contributed by atoms with E-state index >= 15 is 0 Å². The lowest BCUT2D eigenvalue weighted by Gasteiger charge is -1.97. The molecule has 2 aromatic rings. The van der Waals surface area contributed by atoms with Crippen LogP contribution < -0.4 is 26.3 Å². The quantitative estimate of drug-likeness (QED) is 0.678. The number of carbonyl (C=O) groups excluding carboxylic acids is 1. The molecule has 2 heterocycles. The van der Waals surface area contributed by atoms with Crippen LogP contribution in [-0.2, 0) is 4.79 Å². The van der Waals surface area contributed by atoms with Crippen LogP contribution in [0.5, 0.6) is 0 Å². The van der Waals surface area contributed by atoms with Crippen molar-refractivity contribution in [2.75, 3.05) is 5.32 Å². The Morgan fingerprint density at radius 3 is 2.74 bits per heavy atom. The zero-order valence-electron chi connectivity index (χ0n) is 10.1. The van der Waals surface area contributed by atoms with Gasteiger partial charge in [0.1, 0.15) is 0 Å². The van der Waals surface area contributed by atoms with Crippen LogP contribution in [-0.4, -0.2) is 5.91 Å². The van der Waals surface area contributed by atoms with Crippen LogP contribution in [0.25, 0.3) is 17.8 Å². The Balaban J connectivity index is 1.99. The standard InChI is InChI=1S/C16H10N2O/c19-16-9-12-6-5-11(8-15(12)18-16)14-7-10-3-1-2-4-13(10)17-14/h1-9H,(H,18,19). The molecule has 0 aliphatic carbocycles. The molecule has 0 unspecified atom stereocenters. The molecule has 1 amide bonds. The predicted octanol–water partition coefficient (Wildman–Crippen LogP) is -0.359. The molecule has 0 atom stereocenters. The van der Waals surface area contributed by atoms with Crippen molar-refractivity contribution < 1.29 is 4.79 Å². The van der Waals surface area contributed by atoms with Gasteiger partial charge < -0.3 is 5.32 Å². The van der Waals surface area contributed by atoms with Gasteiger partial charge in [-0.15, -0.1) is 0 Å². The summed E-state index contributed by atoms with van der Waals surface area (Å²) in [6, 6.07) is 14.0. The Labute approximate surface area is 108 Å². The van der Waals surface area contributed by atoms with Crippen LogP contribution >= 0.6 is 0 Å². The van der Waals surface area contributed by atoms with Gasteiger partial charge in [-0.2, -0.15) is 0 Å². The van der Waals surface area contributed by atoms with E-state index in [-0.39, 0.29) is 5.91 Å². The SMILES string of the molecule is O=C1C=c2ccc(=C3C=c4ccccc4=N3)cc2N1. The first-order valence-corrected chi connectivity index (χ1v) is 6.12. The summed E-state index contributed by atoms with van der Waals surface area (Å²) in [4.78, 5) is 15.9. The van der Waals surface area contributed by atoms with E-state index in [1.54, 1.807) is 6.08 Å². The highest BCUT2D eigenvalue weighted by Crippen LogP contribution is 2.05. The van der Waals surface area contributed by atoms with Crippen molar-refractivity contribution in [2.45, 2.75) is 0 Å². The van der Waals surface area contributed by atoms with Crippen LogP contribution in [0.15, 0.2) is 47.5 Å². The number of amides is 1. The van der Waals surface area contributed by atoms with Gasteiger partial charge in [-0.1, -0.05) is 30.3 Å². The summed E-state index contributed by atoms with van der Waals surface area (Å²) < 4.78 is 0. The van der Waals surface area contributed by atoms with Gasteiger partial charge in [0, 0.05) is 27.4 Å². The van der Waals surface area contributed by atoms with Crippen molar-refractivity contribution >= 4 is 29.4 Å². The summed E-state index contributed by atoms with van der Waals surface area (Å²) in [5.74, 6) is -0.0622. The molecule has 0 saturated heterocycles. The van der Waals surface area contributed by atoms with Crippen LogP contribution in [0.4, 0.5) is 5.69 Å². The first-order chi connectivity index (χ1) is 9.29. The smallest absolute Gasteiger partial charge is 0.249 e. The van der Waals surface area contributed by atoms with Crippen molar-refractivity contribution in [2.24, 2.45) is 4.99 Å². The van der Waals surface area contributed by atoms with Gasteiger partial charge in [0.2, 0.25) is 5.91 Å². The summed E-state index contributed by atoms with van der Waals surface area (Å²) in [6.45, 7) is 0. The maximum atomic E-state index is 11.3. The second kappa shape index (κ2) is 3.65. The molecule has 0 saturated carbocycles. The van der Waals surface area contributed by atoms with Gasteiger partial charge in [0.25, 0.3) is 0 Å². The molecule has 0 spiro atoms. The molecule has 2 aliphatic rings. The van der Waals surface area contributed by atoms with E-state index in [4.69, 9.17) is 0 Å². The van der Waals surface area contributed by atoms with E-state index in [0.717, 1.165) is 32.4 Å². The number of fused-ring (bicyclic) bond motifs is 2. The predicted molar refractivity (Wildman–Crippen MR) is 73.9 cm³/mol. The molecular weight excluding hydrogens is 236 g/mol. The molecule has 0 fully saturated rings. The summed E-state index contributed by atoms with van der Waals surface area (Å²) >= 11 is 0. The number of nitrogens with zero attached hydrogens (tertiary/aromatic N) is 1. The van der Waals surface area contributed by atoms with Gasteiger partial charge in [0.05, 0.1) is 11.1 Å². The highest BCUT2D eigenvalue weighted by molar-refractivity contribution is 6.16. The number of carbonyl (C=O) groups is 1. The van der Waals surface area contributed by atoms with Gasteiger partial charge in [0.15, 0.2) is 0 Å². The fraction of sp³-hybridized carbons (Fsp3) is 0. The van der Waals surface area contributed by atoms with Gasteiger partial charge in [-0.3, -0.25) is 4.79 Å². The molecule has 2 aliphatic heterocycles. The normalized spacial score (nSPS) is 17.8. The topological polar surface area (TPSA) is 41.5 Å². The molecule has 4 rings (SSSR count). The third-order valence-electron chi connectivity index (χ3n) is 3.36. The van der Waals surface area contributed by atoms with Gasteiger partial charge >= 0.3 is 0 Å².